The van der Waals surface area contributed by atoms with Gasteiger partial charge in [-0.15, -0.1) is 11.3 Å². The lowest BCUT2D eigenvalue weighted by Crippen LogP contribution is -2.18. The van der Waals surface area contributed by atoms with Gasteiger partial charge in [-0.3, -0.25) is 4.79 Å². The number of anilines is 1. The molecule has 4 rings (SSSR count). The summed E-state index contributed by atoms with van der Waals surface area (Å²) in [6.45, 7) is 10.3. The minimum Gasteiger partial charge on any atom is -0.471 e. The molecule has 3 aromatic rings. The van der Waals surface area contributed by atoms with Gasteiger partial charge in [0.05, 0.1) is 11.7 Å². The number of esters is 1. The number of fused-ring (bicyclic) bond motifs is 1. The van der Waals surface area contributed by atoms with Gasteiger partial charge in [0.15, 0.2) is 12.4 Å². The van der Waals surface area contributed by atoms with Gasteiger partial charge in [-0.1, -0.05) is 32.9 Å². The summed E-state index contributed by atoms with van der Waals surface area (Å²) < 4.78 is 12.9. The lowest BCUT2D eigenvalue weighted by Gasteiger charge is -2.19. The highest BCUT2D eigenvalue weighted by Gasteiger charge is 2.28. The fourth-order valence-corrected chi connectivity index (χ4v) is 5.33. The molecule has 0 spiro atoms. The maximum absolute atomic E-state index is 13.0. The van der Waals surface area contributed by atoms with Crippen LogP contribution in [0.3, 0.4) is 0 Å². The maximum Gasteiger partial charge on any atom is 0.341 e. The Kier molecular flexibility index (Phi) is 7.31. The number of thiophene rings is 1. The number of benzene rings is 1. The lowest BCUT2D eigenvalue weighted by molar-refractivity contribution is 0.0378. The predicted octanol–water partition coefficient (Wildman–Crippen LogP) is 5.97. The van der Waals surface area contributed by atoms with E-state index in [0.29, 0.717) is 10.6 Å². The van der Waals surface area contributed by atoms with Crippen molar-refractivity contribution < 1.29 is 19.1 Å². The van der Waals surface area contributed by atoms with Gasteiger partial charge in [-0.05, 0) is 74.3 Å². The third kappa shape index (κ3) is 5.93. The average molecular weight is 496 g/mol. The number of aromatic nitrogens is 2. The van der Waals surface area contributed by atoms with Crippen LogP contribution in [0.25, 0.3) is 0 Å². The number of nitrogens with zero attached hydrogens (tertiary/aromatic N) is 2. The molecule has 0 aliphatic heterocycles. The van der Waals surface area contributed by atoms with Crippen molar-refractivity contribution in [1.29, 1.82) is 0 Å². The first kappa shape index (κ1) is 25.0. The number of rotatable bonds is 7. The van der Waals surface area contributed by atoms with Gasteiger partial charge in [0.1, 0.15) is 10.8 Å². The quantitative estimate of drug-likeness (QED) is 0.408. The number of hydrogen-bond donors (Lipinski definition) is 1. The van der Waals surface area contributed by atoms with Crippen LogP contribution in [0, 0.1) is 0 Å². The average Bonchev–Trinajstić information content (AvgIpc) is 3.41. The summed E-state index contributed by atoms with van der Waals surface area (Å²) in [4.78, 5) is 26.9. The van der Waals surface area contributed by atoms with Crippen molar-refractivity contribution in [3.05, 3.63) is 63.8 Å². The summed E-state index contributed by atoms with van der Waals surface area (Å²) in [6, 6.07) is 9.63. The van der Waals surface area contributed by atoms with E-state index in [-0.39, 0.29) is 35.8 Å². The molecular formula is C27H33N3O4S. The Bertz CT molecular complexity index is 1200. The van der Waals surface area contributed by atoms with E-state index in [2.05, 4.69) is 43.3 Å². The first-order valence-electron chi connectivity index (χ1n) is 12.1. The second kappa shape index (κ2) is 10.2. The number of carbonyl (C=O) groups is 2. The second-order valence-corrected chi connectivity index (χ2v) is 11.2. The molecule has 0 radical (unpaired) electrons. The maximum atomic E-state index is 13.0. The minimum absolute atomic E-state index is 0.0794. The van der Waals surface area contributed by atoms with Crippen LogP contribution in [0.5, 0.6) is 5.75 Å². The number of nitrogens with one attached hydrogen (secondary N) is 1. The molecule has 0 bridgehead atoms. The fourth-order valence-electron chi connectivity index (χ4n) is 4.06. The molecule has 8 heteroatoms. The van der Waals surface area contributed by atoms with E-state index in [4.69, 9.17) is 9.47 Å². The summed E-state index contributed by atoms with van der Waals surface area (Å²) in [7, 11) is 0. The molecule has 1 aromatic carbocycles. The van der Waals surface area contributed by atoms with Crippen LogP contribution < -0.4 is 10.1 Å². The van der Waals surface area contributed by atoms with Gasteiger partial charge in [-0.2, -0.15) is 5.10 Å². The monoisotopic (exact) mass is 495 g/mol. The molecule has 186 valence electrons. The zero-order valence-corrected chi connectivity index (χ0v) is 21.8. The SMILES string of the molecule is CC(C)OC(=O)c1c(NC(=O)c2ccn(COc3ccc(C(C)(C)C)cc3)n2)sc2c1CCCC2. The Balaban J connectivity index is 1.44. The van der Waals surface area contributed by atoms with Crippen LogP contribution in [0.2, 0.25) is 0 Å². The van der Waals surface area contributed by atoms with E-state index in [1.807, 2.05) is 26.0 Å². The van der Waals surface area contributed by atoms with Crippen LogP contribution in [-0.2, 0) is 29.7 Å². The van der Waals surface area contributed by atoms with Crippen LogP contribution in [0.1, 0.15) is 84.3 Å². The van der Waals surface area contributed by atoms with Crippen LogP contribution in [0.15, 0.2) is 36.5 Å². The molecule has 0 unspecified atom stereocenters. The molecule has 0 saturated carbocycles. The van der Waals surface area contributed by atoms with Crippen LogP contribution >= 0.6 is 11.3 Å². The molecule has 7 nitrogen and oxygen atoms in total. The molecule has 0 atom stereocenters. The van der Waals surface area contributed by atoms with Gasteiger partial charge >= 0.3 is 5.97 Å². The number of hydrogen-bond acceptors (Lipinski definition) is 6. The van der Waals surface area contributed by atoms with Gasteiger partial charge < -0.3 is 14.8 Å². The standard InChI is InChI=1S/C27H33N3O4S/c1-17(2)34-26(32)23-20-8-6-7-9-22(20)35-25(23)28-24(31)21-14-15-30(29-21)16-33-19-12-10-18(11-13-19)27(3,4)5/h10-15,17H,6-9,16H2,1-5H3,(H,28,31). The predicted molar refractivity (Wildman–Crippen MR) is 137 cm³/mol. The summed E-state index contributed by atoms with van der Waals surface area (Å²) >= 11 is 1.47. The third-order valence-electron chi connectivity index (χ3n) is 5.90. The number of aryl methyl sites for hydroxylation is 1. The molecule has 1 amide bonds. The van der Waals surface area contributed by atoms with Crippen molar-refractivity contribution >= 4 is 28.2 Å². The first-order chi connectivity index (χ1) is 16.6. The number of ether oxygens (including phenoxy) is 2. The molecule has 0 saturated heterocycles. The summed E-state index contributed by atoms with van der Waals surface area (Å²) in [6.07, 6.45) is 5.33. The summed E-state index contributed by atoms with van der Waals surface area (Å²) in [5.41, 5.74) is 3.07. The summed E-state index contributed by atoms with van der Waals surface area (Å²) in [5.74, 6) is -0.0152. The van der Waals surface area contributed by atoms with Crippen molar-refractivity contribution in [3.63, 3.8) is 0 Å². The van der Waals surface area contributed by atoms with E-state index < -0.39 is 0 Å². The van der Waals surface area contributed by atoms with E-state index >= 15 is 0 Å². The molecule has 1 N–H and O–H groups in total. The number of amides is 1. The van der Waals surface area contributed by atoms with Gasteiger partial charge in [0.25, 0.3) is 5.91 Å². The normalized spacial score (nSPS) is 13.4. The first-order valence-corrected chi connectivity index (χ1v) is 12.9. The molecule has 1 aliphatic rings. The highest BCUT2D eigenvalue weighted by molar-refractivity contribution is 7.17. The van der Waals surface area contributed by atoms with Gasteiger partial charge in [0.2, 0.25) is 0 Å². The zero-order chi connectivity index (χ0) is 25.2. The van der Waals surface area contributed by atoms with Crippen molar-refractivity contribution in [2.75, 3.05) is 5.32 Å². The smallest absolute Gasteiger partial charge is 0.341 e. The van der Waals surface area contributed by atoms with Crippen molar-refractivity contribution in [2.45, 2.75) is 78.6 Å². The van der Waals surface area contributed by atoms with Gasteiger partial charge in [-0.25, -0.2) is 9.48 Å². The summed E-state index contributed by atoms with van der Waals surface area (Å²) in [5, 5.41) is 7.80. The van der Waals surface area contributed by atoms with Crippen molar-refractivity contribution in [2.24, 2.45) is 0 Å². The van der Waals surface area contributed by atoms with Crippen LogP contribution in [0.4, 0.5) is 5.00 Å². The Hall–Kier alpha value is -3.13. The Labute approximate surface area is 210 Å². The topological polar surface area (TPSA) is 82.5 Å². The minimum atomic E-state index is -0.383. The van der Waals surface area contributed by atoms with Gasteiger partial charge in [0, 0.05) is 11.1 Å². The highest BCUT2D eigenvalue weighted by atomic mass is 32.1. The van der Waals surface area contributed by atoms with E-state index in [1.54, 1.807) is 16.9 Å². The van der Waals surface area contributed by atoms with Crippen molar-refractivity contribution in [1.82, 2.24) is 9.78 Å². The molecule has 0 fully saturated rings. The van der Waals surface area contributed by atoms with Crippen LogP contribution in [-0.4, -0.2) is 27.8 Å². The molecule has 35 heavy (non-hydrogen) atoms. The third-order valence-corrected chi connectivity index (χ3v) is 7.11. The Morgan fingerprint density at radius 1 is 1.11 bits per heavy atom. The Morgan fingerprint density at radius 3 is 2.51 bits per heavy atom. The fraction of sp³-hybridized carbons (Fsp3) is 0.444. The van der Waals surface area contributed by atoms with E-state index in [0.717, 1.165) is 41.9 Å². The van der Waals surface area contributed by atoms with E-state index in [1.165, 1.54) is 16.9 Å². The number of carbonyl (C=O) groups excluding carboxylic acids is 2. The van der Waals surface area contributed by atoms with Crippen molar-refractivity contribution in [3.8, 4) is 5.75 Å². The van der Waals surface area contributed by atoms with E-state index in [9.17, 15) is 9.59 Å². The largest absolute Gasteiger partial charge is 0.471 e. The zero-order valence-electron chi connectivity index (χ0n) is 21.0. The molecular weight excluding hydrogens is 462 g/mol. The molecule has 1 aliphatic carbocycles. The lowest BCUT2D eigenvalue weighted by atomic mass is 9.87. The highest BCUT2D eigenvalue weighted by Crippen LogP contribution is 2.39. The molecule has 2 heterocycles. The Morgan fingerprint density at radius 2 is 1.83 bits per heavy atom. The molecule has 2 aromatic heterocycles. The second-order valence-electron chi connectivity index (χ2n) is 10.1.